The topological polar surface area (TPSA) is 35.2 Å². The van der Waals surface area contributed by atoms with Crippen LogP contribution in [0.4, 0.5) is 0 Å². The summed E-state index contributed by atoms with van der Waals surface area (Å²) in [4.78, 5) is 0. The molecule has 0 amide bonds. The first-order valence-electron chi connectivity index (χ1n) is 6.47. The molecule has 0 heterocycles. The van der Waals surface area contributed by atoms with Crippen LogP contribution in [0.25, 0.3) is 0 Å². The van der Waals surface area contributed by atoms with Crippen LogP contribution in [0.15, 0.2) is 6.07 Å². The first kappa shape index (κ1) is 12.4. The zero-order valence-corrected chi connectivity index (χ0v) is 11.3. The molecular weight excluding hydrogens is 210 g/mol. The van der Waals surface area contributed by atoms with Gasteiger partial charge in [-0.3, -0.25) is 0 Å². The second kappa shape index (κ2) is 4.69. The van der Waals surface area contributed by atoms with Gasteiger partial charge in [-0.15, -0.1) is 0 Å². The highest BCUT2D eigenvalue weighted by Gasteiger charge is 2.23. The summed E-state index contributed by atoms with van der Waals surface area (Å²) in [6.07, 6.45) is 3.47. The van der Waals surface area contributed by atoms with Gasteiger partial charge in [0.05, 0.1) is 7.11 Å². The molecule has 2 unspecified atom stereocenters. The molecular formula is C15H23NO. The predicted octanol–water partition coefficient (Wildman–Crippen LogP) is 3.28. The van der Waals surface area contributed by atoms with Crippen molar-refractivity contribution < 1.29 is 4.74 Å². The van der Waals surface area contributed by atoms with Crippen LogP contribution >= 0.6 is 0 Å². The van der Waals surface area contributed by atoms with E-state index in [2.05, 4.69) is 26.8 Å². The summed E-state index contributed by atoms with van der Waals surface area (Å²) in [6, 6.07) is 2.43. The molecule has 1 aliphatic carbocycles. The second-order valence-electron chi connectivity index (χ2n) is 5.41. The van der Waals surface area contributed by atoms with Gasteiger partial charge >= 0.3 is 0 Å². The van der Waals surface area contributed by atoms with Crippen LogP contribution in [-0.4, -0.2) is 7.11 Å². The lowest BCUT2D eigenvalue weighted by molar-refractivity contribution is 0.406. The Hall–Kier alpha value is -1.02. The molecule has 17 heavy (non-hydrogen) atoms. The minimum atomic E-state index is 0.164. The van der Waals surface area contributed by atoms with Crippen LogP contribution in [0.5, 0.6) is 5.75 Å². The Kier molecular flexibility index (Phi) is 3.43. The number of ether oxygens (including phenoxy) is 1. The monoisotopic (exact) mass is 233 g/mol. The standard InChI is InChI=1S/C15H23NO/c1-9-5-6-12-8-10(2)15(17-4)11(3)14(12)13(16)7-9/h8-9,13H,5-7,16H2,1-4H3. The Morgan fingerprint density at radius 2 is 2.06 bits per heavy atom. The van der Waals surface area contributed by atoms with Gasteiger partial charge in [-0.2, -0.15) is 0 Å². The summed E-state index contributed by atoms with van der Waals surface area (Å²) in [5.74, 6) is 1.72. The second-order valence-corrected chi connectivity index (χ2v) is 5.41. The largest absolute Gasteiger partial charge is 0.496 e. The zero-order chi connectivity index (χ0) is 12.6. The number of methoxy groups -OCH3 is 1. The van der Waals surface area contributed by atoms with Crippen molar-refractivity contribution in [1.29, 1.82) is 0 Å². The maximum Gasteiger partial charge on any atom is 0.125 e. The summed E-state index contributed by atoms with van der Waals surface area (Å²) < 4.78 is 5.50. The quantitative estimate of drug-likeness (QED) is 0.755. The molecule has 2 heteroatoms. The van der Waals surface area contributed by atoms with E-state index in [-0.39, 0.29) is 6.04 Å². The van der Waals surface area contributed by atoms with Crippen molar-refractivity contribution in [3.05, 3.63) is 28.3 Å². The van der Waals surface area contributed by atoms with Crippen LogP contribution in [0.1, 0.15) is 48.1 Å². The lowest BCUT2D eigenvalue weighted by Gasteiger charge is -2.20. The molecule has 2 nitrogen and oxygen atoms in total. The van der Waals surface area contributed by atoms with Gasteiger partial charge in [0.15, 0.2) is 0 Å². The molecule has 0 saturated heterocycles. The fourth-order valence-corrected chi connectivity index (χ4v) is 3.17. The third-order valence-electron chi connectivity index (χ3n) is 3.98. The fraction of sp³-hybridized carbons (Fsp3) is 0.600. The van der Waals surface area contributed by atoms with E-state index in [0.717, 1.165) is 18.6 Å². The van der Waals surface area contributed by atoms with Crippen molar-refractivity contribution >= 4 is 0 Å². The number of nitrogens with two attached hydrogens (primary N) is 1. The number of hydrogen-bond donors (Lipinski definition) is 1. The molecule has 0 fully saturated rings. The average molecular weight is 233 g/mol. The van der Waals surface area contributed by atoms with Crippen molar-refractivity contribution in [2.24, 2.45) is 11.7 Å². The maximum absolute atomic E-state index is 6.36. The van der Waals surface area contributed by atoms with Gasteiger partial charge < -0.3 is 10.5 Å². The van der Waals surface area contributed by atoms with Gasteiger partial charge in [0.2, 0.25) is 0 Å². The first-order valence-corrected chi connectivity index (χ1v) is 6.47. The molecule has 0 bridgehead atoms. The Balaban J connectivity index is 2.56. The molecule has 94 valence electrons. The van der Waals surface area contributed by atoms with Gasteiger partial charge in [-0.05, 0) is 61.3 Å². The average Bonchev–Trinajstić information content (AvgIpc) is 2.38. The van der Waals surface area contributed by atoms with Crippen LogP contribution in [0.2, 0.25) is 0 Å². The highest BCUT2D eigenvalue weighted by atomic mass is 16.5. The Bertz CT molecular complexity index is 425. The summed E-state index contributed by atoms with van der Waals surface area (Å²) >= 11 is 0. The minimum absolute atomic E-state index is 0.164. The van der Waals surface area contributed by atoms with Crippen molar-refractivity contribution in [2.45, 2.75) is 46.1 Å². The smallest absolute Gasteiger partial charge is 0.125 e. The maximum atomic E-state index is 6.36. The third kappa shape index (κ3) is 2.19. The summed E-state index contributed by atoms with van der Waals surface area (Å²) in [5, 5.41) is 0. The number of hydrogen-bond acceptors (Lipinski definition) is 2. The van der Waals surface area contributed by atoms with Crippen LogP contribution in [-0.2, 0) is 6.42 Å². The van der Waals surface area contributed by atoms with E-state index in [0.29, 0.717) is 5.92 Å². The third-order valence-corrected chi connectivity index (χ3v) is 3.98. The number of fused-ring (bicyclic) bond motifs is 1. The van der Waals surface area contributed by atoms with Crippen molar-refractivity contribution in [3.63, 3.8) is 0 Å². The van der Waals surface area contributed by atoms with Crippen LogP contribution in [0.3, 0.4) is 0 Å². The molecule has 2 rings (SSSR count). The predicted molar refractivity (Wildman–Crippen MR) is 71.5 cm³/mol. The van der Waals surface area contributed by atoms with E-state index in [9.17, 15) is 0 Å². The van der Waals surface area contributed by atoms with E-state index in [1.807, 2.05) is 0 Å². The molecule has 2 N–H and O–H groups in total. The Morgan fingerprint density at radius 3 is 2.71 bits per heavy atom. The van der Waals surface area contributed by atoms with Crippen LogP contribution in [0, 0.1) is 19.8 Å². The molecule has 0 aromatic heterocycles. The van der Waals surface area contributed by atoms with Gasteiger partial charge in [0.25, 0.3) is 0 Å². The highest BCUT2D eigenvalue weighted by Crippen LogP contribution is 2.37. The van der Waals surface area contributed by atoms with Gasteiger partial charge in [-0.25, -0.2) is 0 Å². The van der Waals surface area contributed by atoms with E-state index < -0.39 is 0 Å². The van der Waals surface area contributed by atoms with Crippen molar-refractivity contribution in [2.75, 3.05) is 7.11 Å². The highest BCUT2D eigenvalue weighted by molar-refractivity contribution is 5.51. The van der Waals surface area contributed by atoms with E-state index in [1.165, 1.54) is 28.7 Å². The minimum Gasteiger partial charge on any atom is -0.496 e. The van der Waals surface area contributed by atoms with Gasteiger partial charge in [0.1, 0.15) is 5.75 Å². The van der Waals surface area contributed by atoms with Crippen molar-refractivity contribution in [3.8, 4) is 5.75 Å². The lowest BCUT2D eigenvalue weighted by atomic mass is 9.91. The Morgan fingerprint density at radius 1 is 1.35 bits per heavy atom. The van der Waals surface area contributed by atoms with Crippen molar-refractivity contribution in [1.82, 2.24) is 0 Å². The molecule has 1 aromatic rings. The molecule has 0 saturated carbocycles. The van der Waals surface area contributed by atoms with Gasteiger partial charge in [0, 0.05) is 6.04 Å². The van der Waals surface area contributed by atoms with E-state index in [1.54, 1.807) is 7.11 Å². The van der Waals surface area contributed by atoms with E-state index >= 15 is 0 Å². The molecule has 1 aliphatic rings. The fourth-order valence-electron chi connectivity index (χ4n) is 3.17. The lowest BCUT2D eigenvalue weighted by Crippen LogP contribution is -2.15. The number of benzene rings is 1. The molecule has 1 aromatic carbocycles. The molecule has 0 spiro atoms. The molecule has 0 aliphatic heterocycles. The first-order chi connectivity index (χ1) is 8.04. The van der Waals surface area contributed by atoms with Crippen LogP contribution < -0.4 is 10.5 Å². The SMILES string of the molecule is COc1c(C)cc2c(c1C)C(N)CC(C)CC2. The summed E-state index contributed by atoms with van der Waals surface area (Å²) in [6.45, 7) is 6.55. The molecule has 2 atom stereocenters. The normalized spacial score (nSPS) is 24.1. The number of rotatable bonds is 1. The number of aryl methyl sites for hydroxylation is 2. The molecule has 0 radical (unpaired) electrons. The summed E-state index contributed by atoms with van der Waals surface area (Å²) in [7, 11) is 1.74. The van der Waals surface area contributed by atoms with E-state index in [4.69, 9.17) is 10.5 Å². The zero-order valence-electron chi connectivity index (χ0n) is 11.3. The Labute approximate surface area is 104 Å². The summed E-state index contributed by atoms with van der Waals surface area (Å²) in [5.41, 5.74) is 11.6. The van der Waals surface area contributed by atoms with Gasteiger partial charge in [-0.1, -0.05) is 13.0 Å².